The molecular formula is C11H11N3O. The van der Waals surface area contributed by atoms with Crippen molar-refractivity contribution in [2.75, 3.05) is 0 Å². The molecular weight excluding hydrogens is 190 g/mol. The zero-order chi connectivity index (χ0) is 10.5. The molecule has 0 aliphatic carbocycles. The fourth-order valence-electron chi connectivity index (χ4n) is 1.12. The second-order valence-corrected chi connectivity index (χ2v) is 3.09. The van der Waals surface area contributed by atoms with E-state index in [1.54, 1.807) is 12.4 Å². The molecule has 2 aromatic heterocycles. The molecule has 0 aromatic carbocycles. The van der Waals surface area contributed by atoms with Crippen molar-refractivity contribution in [3.05, 3.63) is 48.0 Å². The van der Waals surface area contributed by atoms with E-state index >= 15 is 0 Å². The Morgan fingerprint density at radius 1 is 1.13 bits per heavy atom. The Labute approximate surface area is 88.0 Å². The molecule has 2 heterocycles. The molecule has 0 aliphatic rings. The van der Waals surface area contributed by atoms with Crippen molar-refractivity contribution < 1.29 is 4.74 Å². The monoisotopic (exact) mass is 201 g/mol. The number of rotatable bonds is 3. The molecule has 76 valence electrons. The van der Waals surface area contributed by atoms with Gasteiger partial charge in [0, 0.05) is 18.1 Å². The van der Waals surface area contributed by atoms with E-state index in [-0.39, 0.29) is 0 Å². The molecule has 0 radical (unpaired) electrons. The molecule has 2 rings (SSSR count). The lowest BCUT2D eigenvalue weighted by molar-refractivity contribution is 0.275. The molecule has 0 atom stereocenters. The van der Waals surface area contributed by atoms with Gasteiger partial charge in [-0.25, -0.2) is 9.97 Å². The minimum Gasteiger partial charge on any atom is -0.457 e. The summed E-state index contributed by atoms with van der Waals surface area (Å²) in [6, 6.07) is 7.90. The first kappa shape index (κ1) is 9.58. The van der Waals surface area contributed by atoms with Crippen molar-refractivity contribution in [3.63, 3.8) is 0 Å². The van der Waals surface area contributed by atoms with Crippen molar-refractivity contribution in [2.24, 2.45) is 0 Å². The first-order valence-electron chi connectivity index (χ1n) is 4.67. The van der Waals surface area contributed by atoms with Crippen LogP contribution in [0.3, 0.4) is 0 Å². The standard InChI is InChI=1S/C11H11N3O/c1-9-5-7-13-11(14-9)15-8-10-4-2-3-6-12-10/h2-7H,8H2,1H3. The Morgan fingerprint density at radius 2 is 2.07 bits per heavy atom. The maximum atomic E-state index is 5.39. The normalized spacial score (nSPS) is 9.93. The number of hydrogen-bond donors (Lipinski definition) is 0. The smallest absolute Gasteiger partial charge is 0.316 e. The average molecular weight is 201 g/mol. The number of pyridine rings is 1. The van der Waals surface area contributed by atoms with Crippen LogP contribution < -0.4 is 4.74 Å². The van der Waals surface area contributed by atoms with Gasteiger partial charge in [-0.05, 0) is 25.1 Å². The van der Waals surface area contributed by atoms with Gasteiger partial charge in [0.25, 0.3) is 0 Å². The van der Waals surface area contributed by atoms with Gasteiger partial charge in [-0.2, -0.15) is 0 Å². The number of hydrogen-bond acceptors (Lipinski definition) is 4. The Hall–Kier alpha value is -1.97. The molecule has 4 heteroatoms. The fourth-order valence-corrected chi connectivity index (χ4v) is 1.12. The Balaban J connectivity index is 1.99. The van der Waals surface area contributed by atoms with E-state index in [0.29, 0.717) is 12.6 Å². The lowest BCUT2D eigenvalue weighted by Crippen LogP contribution is -2.01. The van der Waals surface area contributed by atoms with Crippen LogP contribution in [0.25, 0.3) is 0 Å². The molecule has 0 saturated carbocycles. The topological polar surface area (TPSA) is 47.9 Å². The van der Waals surface area contributed by atoms with Gasteiger partial charge < -0.3 is 4.74 Å². The minimum absolute atomic E-state index is 0.389. The SMILES string of the molecule is Cc1ccnc(OCc2ccccn2)n1. The van der Waals surface area contributed by atoms with E-state index in [2.05, 4.69) is 15.0 Å². The van der Waals surface area contributed by atoms with Crippen LogP contribution in [-0.2, 0) is 6.61 Å². The maximum absolute atomic E-state index is 5.39. The average Bonchev–Trinajstić information content (AvgIpc) is 2.28. The predicted molar refractivity (Wildman–Crippen MR) is 55.3 cm³/mol. The quantitative estimate of drug-likeness (QED) is 0.759. The van der Waals surface area contributed by atoms with Crippen LogP contribution in [0.4, 0.5) is 0 Å². The van der Waals surface area contributed by atoms with Crippen LogP contribution in [-0.4, -0.2) is 15.0 Å². The summed E-state index contributed by atoms with van der Waals surface area (Å²) in [5.41, 5.74) is 1.75. The summed E-state index contributed by atoms with van der Waals surface area (Å²) in [5.74, 6) is 0. The second-order valence-electron chi connectivity index (χ2n) is 3.09. The summed E-state index contributed by atoms with van der Waals surface area (Å²) < 4.78 is 5.39. The number of nitrogens with zero attached hydrogens (tertiary/aromatic N) is 3. The summed E-state index contributed by atoms with van der Waals surface area (Å²) in [6.07, 6.45) is 3.41. The van der Waals surface area contributed by atoms with Crippen LogP contribution in [0.2, 0.25) is 0 Å². The summed E-state index contributed by atoms with van der Waals surface area (Å²) in [7, 11) is 0. The van der Waals surface area contributed by atoms with E-state index in [1.807, 2.05) is 31.2 Å². The summed E-state index contributed by atoms with van der Waals surface area (Å²) >= 11 is 0. The van der Waals surface area contributed by atoms with E-state index in [4.69, 9.17) is 4.74 Å². The lowest BCUT2D eigenvalue weighted by atomic mass is 10.4. The van der Waals surface area contributed by atoms with Gasteiger partial charge in [-0.1, -0.05) is 6.07 Å². The third kappa shape index (κ3) is 2.74. The van der Waals surface area contributed by atoms with Gasteiger partial charge in [0.1, 0.15) is 6.61 Å². The van der Waals surface area contributed by atoms with Crippen molar-refractivity contribution in [3.8, 4) is 6.01 Å². The van der Waals surface area contributed by atoms with Crippen LogP contribution >= 0.6 is 0 Å². The molecule has 15 heavy (non-hydrogen) atoms. The molecule has 2 aromatic rings. The Morgan fingerprint density at radius 3 is 2.80 bits per heavy atom. The van der Waals surface area contributed by atoms with Crippen molar-refractivity contribution in [2.45, 2.75) is 13.5 Å². The van der Waals surface area contributed by atoms with E-state index in [1.165, 1.54) is 0 Å². The molecule has 0 aliphatic heterocycles. The molecule has 0 spiro atoms. The van der Waals surface area contributed by atoms with Gasteiger partial charge >= 0.3 is 6.01 Å². The van der Waals surface area contributed by atoms with E-state index in [9.17, 15) is 0 Å². The lowest BCUT2D eigenvalue weighted by Gasteiger charge is -2.03. The van der Waals surface area contributed by atoms with Gasteiger partial charge in [0.15, 0.2) is 0 Å². The first-order chi connectivity index (χ1) is 7.34. The highest BCUT2D eigenvalue weighted by atomic mass is 16.5. The van der Waals surface area contributed by atoms with Gasteiger partial charge in [-0.3, -0.25) is 4.98 Å². The van der Waals surface area contributed by atoms with Gasteiger partial charge in [0.05, 0.1) is 5.69 Å². The fraction of sp³-hybridized carbons (Fsp3) is 0.182. The number of aromatic nitrogens is 3. The third-order valence-corrected chi connectivity index (χ3v) is 1.85. The van der Waals surface area contributed by atoms with Crippen molar-refractivity contribution >= 4 is 0 Å². The summed E-state index contributed by atoms with van der Waals surface area (Å²) in [5, 5.41) is 0. The number of ether oxygens (including phenoxy) is 1. The van der Waals surface area contributed by atoms with Crippen LogP contribution in [0, 0.1) is 6.92 Å². The van der Waals surface area contributed by atoms with Gasteiger partial charge in [-0.15, -0.1) is 0 Å². The third-order valence-electron chi connectivity index (χ3n) is 1.85. The predicted octanol–water partition coefficient (Wildman–Crippen LogP) is 1.76. The largest absolute Gasteiger partial charge is 0.457 e. The molecule has 0 bridgehead atoms. The summed E-state index contributed by atoms with van der Waals surface area (Å²) in [4.78, 5) is 12.3. The molecule has 0 unspecified atom stereocenters. The van der Waals surface area contributed by atoms with Crippen molar-refractivity contribution in [1.82, 2.24) is 15.0 Å². The van der Waals surface area contributed by atoms with Crippen LogP contribution in [0.1, 0.15) is 11.4 Å². The molecule has 0 fully saturated rings. The highest BCUT2D eigenvalue weighted by molar-refractivity contribution is 5.05. The molecule has 4 nitrogen and oxygen atoms in total. The van der Waals surface area contributed by atoms with Crippen LogP contribution in [0.5, 0.6) is 6.01 Å². The molecule has 0 saturated heterocycles. The molecule has 0 N–H and O–H groups in total. The highest BCUT2D eigenvalue weighted by Gasteiger charge is 1.98. The van der Waals surface area contributed by atoms with Crippen molar-refractivity contribution in [1.29, 1.82) is 0 Å². The second kappa shape index (κ2) is 4.50. The van der Waals surface area contributed by atoms with E-state index < -0.39 is 0 Å². The summed E-state index contributed by atoms with van der Waals surface area (Å²) in [6.45, 7) is 2.29. The van der Waals surface area contributed by atoms with Crippen LogP contribution in [0.15, 0.2) is 36.7 Å². The maximum Gasteiger partial charge on any atom is 0.316 e. The van der Waals surface area contributed by atoms with Gasteiger partial charge in [0.2, 0.25) is 0 Å². The Bertz CT molecular complexity index is 431. The first-order valence-corrected chi connectivity index (χ1v) is 4.67. The van der Waals surface area contributed by atoms with E-state index in [0.717, 1.165) is 11.4 Å². The minimum atomic E-state index is 0.389. The number of aryl methyl sites for hydroxylation is 1. The molecule has 0 amide bonds. The zero-order valence-corrected chi connectivity index (χ0v) is 8.42. The Kier molecular flexibility index (Phi) is 2.88. The highest BCUT2D eigenvalue weighted by Crippen LogP contribution is 2.04. The zero-order valence-electron chi connectivity index (χ0n) is 8.42.